The third kappa shape index (κ3) is 3.06. The van der Waals surface area contributed by atoms with Gasteiger partial charge in [-0.05, 0) is 43.5 Å². The molecule has 0 spiro atoms. The summed E-state index contributed by atoms with van der Waals surface area (Å²) in [6.45, 7) is 3.19. The summed E-state index contributed by atoms with van der Waals surface area (Å²) in [5, 5.41) is 2.36. The van der Waals surface area contributed by atoms with Crippen LogP contribution in [0.4, 0.5) is 16.2 Å². The summed E-state index contributed by atoms with van der Waals surface area (Å²) >= 11 is 0. The van der Waals surface area contributed by atoms with Crippen molar-refractivity contribution in [1.29, 1.82) is 0 Å². The molecule has 2 heterocycles. The molecule has 0 saturated carbocycles. The Bertz CT molecular complexity index is 567. The van der Waals surface area contributed by atoms with Gasteiger partial charge in [0.05, 0.1) is 0 Å². The van der Waals surface area contributed by atoms with Gasteiger partial charge in [0.25, 0.3) is 0 Å². The topological polar surface area (TPSA) is 78.7 Å². The second-order valence-corrected chi connectivity index (χ2v) is 5.94. The van der Waals surface area contributed by atoms with E-state index >= 15 is 0 Å². The third-order valence-electron chi connectivity index (χ3n) is 4.51. The van der Waals surface area contributed by atoms with Crippen LogP contribution in [-0.2, 0) is 4.79 Å². The minimum atomic E-state index is -0.338. The van der Waals surface area contributed by atoms with Crippen LogP contribution in [0.15, 0.2) is 24.3 Å². The van der Waals surface area contributed by atoms with E-state index in [1.54, 1.807) is 4.90 Å². The molecule has 3 amide bonds. The molecule has 0 radical (unpaired) electrons. The quantitative estimate of drug-likeness (QED) is 0.882. The Kier molecular flexibility index (Phi) is 4.29. The average Bonchev–Trinajstić information content (AvgIpc) is 2.55. The molecular formula is C16H22N4O2. The van der Waals surface area contributed by atoms with Gasteiger partial charge < -0.3 is 10.6 Å². The Labute approximate surface area is 130 Å². The predicted molar refractivity (Wildman–Crippen MR) is 85.9 cm³/mol. The average molecular weight is 302 g/mol. The molecule has 0 aliphatic carbocycles. The number of nitrogens with two attached hydrogens (primary N) is 1. The highest BCUT2D eigenvalue weighted by Gasteiger charge is 2.25. The number of carbonyl (C=O) groups excluding carboxylic acids is 2. The Morgan fingerprint density at radius 2 is 1.86 bits per heavy atom. The Morgan fingerprint density at radius 1 is 1.14 bits per heavy atom. The van der Waals surface area contributed by atoms with E-state index in [9.17, 15) is 9.59 Å². The van der Waals surface area contributed by atoms with E-state index in [1.165, 1.54) is 0 Å². The zero-order valence-electron chi connectivity index (χ0n) is 12.6. The monoisotopic (exact) mass is 302 g/mol. The van der Waals surface area contributed by atoms with E-state index in [0.717, 1.165) is 43.9 Å². The van der Waals surface area contributed by atoms with Gasteiger partial charge in [-0.3, -0.25) is 15.0 Å². The summed E-state index contributed by atoms with van der Waals surface area (Å²) in [6, 6.07) is 7.63. The number of carbonyl (C=O) groups is 2. The van der Waals surface area contributed by atoms with Gasteiger partial charge in [-0.2, -0.15) is 0 Å². The molecule has 118 valence electrons. The van der Waals surface area contributed by atoms with Crippen molar-refractivity contribution in [1.82, 2.24) is 5.32 Å². The first kappa shape index (κ1) is 14.8. The molecule has 6 heteroatoms. The molecule has 1 aromatic carbocycles. The summed E-state index contributed by atoms with van der Waals surface area (Å²) in [7, 11) is 0. The van der Waals surface area contributed by atoms with Crippen molar-refractivity contribution >= 4 is 23.3 Å². The van der Waals surface area contributed by atoms with Gasteiger partial charge >= 0.3 is 6.03 Å². The van der Waals surface area contributed by atoms with Crippen molar-refractivity contribution in [2.45, 2.75) is 19.3 Å². The van der Waals surface area contributed by atoms with Crippen molar-refractivity contribution < 1.29 is 9.59 Å². The molecule has 22 heavy (non-hydrogen) atoms. The normalized spacial score (nSPS) is 20.2. The zero-order valence-corrected chi connectivity index (χ0v) is 12.6. The molecule has 0 aromatic heterocycles. The van der Waals surface area contributed by atoms with Crippen molar-refractivity contribution in [2.75, 3.05) is 36.0 Å². The molecule has 2 aliphatic rings. The standard InChI is InChI=1S/C16H22N4O2/c17-11-12-4-7-19(8-5-12)13-2-1-3-14(10-13)20-9-6-15(21)18-16(20)22/h1-3,10,12H,4-9,11,17H2,(H,18,21,22). The maximum absolute atomic E-state index is 11.9. The van der Waals surface area contributed by atoms with Crippen LogP contribution in [0.2, 0.25) is 0 Å². The fraction of sp³-hybridized carbons (Fsp3) is 0.500. The van der Waals surface area contributed by atoms with E-state index < -0.39 is 0 Å². The molecule has 3 rings (SSSR count). The molecular weight excluding hydrogens is 280 g/mol. The first-order valence-corrected chi connectivity index (χ1v) is 7.84. The van der Waals surface area contributed by atoms with E-state index in [-0.39, 0.29) is 11.9 Å². The first-order chi connectivity index (χ1) is 10.7. The van der Waals surface area contributed by atoms with Crippen LogP contribution in [0.5, 0.6) is 0 Å². The maximum Gasteiger partial charge on any atom is 0.328 e. The summed E-state index contributed by atoms with van der Waals surface area (Å²) < 4.78 is 0. The van der Waals surface area contributed by atoms with Gasteiger partial charge in [0.15, 0.2) is 0 Å². The minimum absolute atomic E-state index is 0.207. The number of anilines is 2. The van der Waals surface area contributed by atoms with Crippen molar-refractivity contribution in [2.24, 2.45) is 11.7 Å². The summed E-state index contributed by atoms with van der Waals surface area (Å²) in [4.78, 5) is 27.1. The fourth-order valence-corrected chi connectivity index (χ4v) is 3.09. The number of piperidine rings is 1. The van der Waals surface area contributed by atoms with E-state index in [1.807, 2.05) is 18.2 Å². The molecule has 0 unspecified atom stereocenters. The molecule has 3 N–H and O–H groups in total. The lowest BCUT2D eigenvalue weighted by Crippen LogP contribution is -2.49. The largest absolute Gasteiger partial charge is 0.371 e. The number of hydrogen-bond acceptors (Lipinski definition) is 4. The molecule has 6 nitrogen and oxygen atoms in total. The van der Waals surface area contributed by atoms with Crippen LogP contribution in [0.1, 0.15) is 19.3 Å². The number of nitrogens with one attached hydrogen (secondary N) is 1. The van der Waals surface area contributed by atoms with Gasteiger partial charge in [-0.15, -0.1) is 0 Å². The molecule has 0 atom stereocenters. The van der Waals surface area contributed by atoms with Crippen molar-refractivity contribution in [3.63, 3.8) is 0 Å². The Morgan fingerprint density at radius 3 is 2.55 bits per heavy atom. The second kappa shape index (κ2) is 6.36. The minimum Gasteiger partial charge on any atom is -0.371 e. The molecule has 0 bridgehead atoms. The molecule has 2 saturated heterocycles. The Balaban J connectivity index is 1.73. The highest BCUT2D eigenvalue weighted by molar-refractivity contribution is 6.05. The SMILES string of the molecule is NCC1CCN(c2cccc(N3CCC(=O)NC3=O)c2)CC1. The van der Waals surface area contributed by atoms with Crippen LogP contribution in [0, 0.1) is 5.92 Å². The Hall–Kier alpha value is -2.08. The van der Waals surface area contributed by atoms with Crippen molar-refractivity contribution in [3.05, 3.63) is 24.3 Å². The van der Waals surface area contributed by atoms with E-state index in [4.69, 9.17) is 5.73 Å². The number of urea groups is 1. The van der Waals surface area contributed by atoms with Crippen LogP contribution in [0.25, 0.3) is 0 Å². The summed E-state index contributed by atoms with van der Waals surface area (Å²) in [6.07, 6.45) is 2.57. The van der Waals surface area contributed by atoms with Gasteiger partial charge in [0.2, 0.25) is 5.91 Å². The second-order valence-electron chi connectivity index (χ2n) is 5.94. The number of imide groups is 1. The first-order valence-electron chi connectivity index (χ1n) is 7.84. The number of nitrogens with zero attached hydrogens (tertiary/aromatic N) is 2. The van der Waals surface area contributed by atoms with Crippen molar-refractivity contribution in [3.8, 4) is 0 Å². The van der Waals surface area contributed by atoms with Gasteiger partial charge in [-0.25, -0.2) is 4.79 Å². The number of rotatable bonds is 3. The van der Waals surface area contributed by atoms with Gasteiger partial charge in [0.1, 0.15) is 0 Å². The van der Waals surface area contributed by atoms with Crippen LogP contribution < -0.4 is 20.9 Å². The number of hydrogen-bond donors (Lipinski definition) is 2. The van der Waals surface area contributed by atoms with Gasteiger partial charge in [-0.1, -0.05) is 6.07 Å². The summed E-state index contributed by atoms with van der Waals surface area (Å²) in [5.74, 6) is 0.416. The van der Waals surface area contributed by atoms with Crippen LogP contribution >= 0.6 is 0 Å². The predicted octanol–water partition coefficient (Wildman–Crippen LogP) is 1.31. The lowest BCUT2D eigenvalue weighted by atomic mass is 9.97. The third-order valence-corrected chi connectivity index (χ3v) is 4.51. The lowest BCUT2D eigenvalue weighted by Gasteiger charge is -2.34. The molecule has 1 aromatic rings. The zero-order chi connectivity index (χ0) is 15.5. The summed E-state index contributed by atoms with van der Waals surface area (Å²) in [5.41, 5.74) is 7.70. The van der Waals surface area contributed by atoms with Crippen LogP contribution in [-0.4, -0.2) is 38.1 Å². The number of benzene rings is 1. The highest BCUT2D eigenvalue weighted by atomic mass is 16.2. The smallest absolute Gasteiger partial charge is 0.328 e. The maximum atomic E-state index is 11.9. The van der Waals surface area contributed by atoms with Crippen LogP contribution in [0.3, 0.4) is 0 Å². The lowest BCUT2D eigenvalue weighted by molar-refractivity contribution is -0.120. The van der Waals surface area contributed by atoms with E-state index in [2.05, 4.69) is 16.3 Å². The molecule has 2 fully saturated rings. The van der Waals surface area contributed by atoms with Gasteiger partial charge in [0, 0.05) is 37.4 Å². The molecule has 2 aliphatic heterocycles. The fourth-order valence-electron chi connectivity index (χ4n) is 3.09. The number of amides is 3. The highest BCUT2D eigenvalue weighted by Crippen LogP contribution is 2.27. The van der Waals surface area contributed by atoms with E-state index in [0.29, 0.717) is 18.9 Å².